The fraction of sp³-hybridized carbons (Fsp3) is 0.240. The second-order valence-electron chi connectivity index (χ2n) is 8.47. The average Bonchev–Trinajstić information content (AvgIpc) is 3.32. The maximum Gasteiger partial charge on any atom is 0.412 e. The molecule has 34 heavy (non-hydrogen) atoms. The Morgan fingerprint density at radius 2 is 1.68 bits per heavy atom. The Balaban J connectivity index is 1.51. The van der Waals surface area contributed by atoms with E-state index in [0.717, 1.165) is 15.7 Å². The van der Waals surface area contributed by atoms with E-state index >= 15 is 0 Å². The summed E-state index contributed by atoms with van der Waals surface area (Å²) in [5, 5.41) is 5.24. The van der Waals surface area contributed by atoms with E-state index < -0.39 is 11.7 Å². The third-order valence-electron chi connectivity index (χ3n) is 6.57. The van der Waals surface area contributed by atoms with Gasteiger partial charge in [-0.1, -0.05) is 31.0 Å². The molecule has 0 spiro atoms. The molecule has 1 fully saturated rings. The first kappa shape index (κ1) is 21.9. The summed E-state index contributed by atoms with van der Waals surface area (Å²) in [4.78, 5) is 32.0. The van der Waals surface area contributed by atoms with Gasteiger partial charge in [-0.2, -0.15) is 13.2 Å². The van der Waals surface area contributed by atoms with Crippen LogP contribution in [-0.2, 0) is 4.79 Å². The molecule has 1 amide bonds. The van der Waals surface area contributed by atoms with Crippen LogP contribution in [0.1, 0.15) is 25.7 Å². The first-order valence-electron chi connectivity index (χ1n) is 10.9. The predicted molar refractivity (Wildman–Crippen MR) is 125 cm³/mol. The number of H-pyrrole nitrogens is 1. The highest BCUT2D eigenvalue weighted by Crippen LogP contribution is 2.48. The standard InChI is InChI=1S/C25H21F3N4O2/c26-25(27,28)24(12-3-4-13-24)32(15-33)17-9-7-16(8-10-17)30-20-11-14-29-22-21(20)18-5-1-2-6-19(18)23(34)31-22/h1-2,5-11,14-15H,3-4,12-13H2,(H2,29,30,31,34). The molecule has 0 atom stereocenters. The minimum absolute atomic E-state index is 0.108. The van der Waals surface area contributed by atoms with E-state index in [1.165, 1.54) is 12.1 Å². The molecule has 5 rings (SSSR count). The zero-order chi connectivity index (χ0) is 23.9. The summed E-state index contributed by atoms with van der Waals surface area (Å²) in [6.45, 7) is 0. The van der Waals surface area contributed by atoms with Crippen LogP contribution < -0.4 is 15.8 Å². The van der Waals surface area contributed by atoms with Gasteiger partial charge >= 0.3 is 6.18 Å². The molecule has 4 aromatic rings. The van der Waals surface area contributed by atoms with Crippen LogP contribution in [0.3, 0.4) is 0 Å². The SMILES string of the molecule is O=CN(c1ccc(Nc2ccnc3[nH]c(=O)c4ccccc4c23)cc1)C1(C(F)(F)F)CCCC1. The number of rotatable bonds is 5. The lowest BCUT2D eigenvalue weighted by Gasteiger charge is -2.40. The van der Waals surface area contributed by atoms with Crippen LogP contribution in [0.2, 0.25) is 0 Å². The maximum absolute atomic E-state index is 14.0. The number of nitrogens with zero attached hydrogens (tertiary/aromatic N) is 2. The second kappa shape index (κ2) is 8.16. The van der Waals surface area contributed by atoms with Crippen LogP contribution in [0.25, 0.3) is 21.8 Å². The van der Waals surface area contributed by atoms with E-state index in [-0.39, 0.29) is 30.5 Å². The van der Waals surface area contributed by atoms with E-state index in [0.29, 0.717) is 35.2 Å². The number of pyridine rings is 2. The Bertz CT molecular complexity index is 1420. The van der Waals surface area contributed by atoms with Crippen molar-refractivity contribution in [3.05, 3.63) is 71.1 Å². The molecule has 6 nitrogen and oxygen atoms in total. The van der Waals surface area contributed by atoms with Crippen molar-refractivity contribution < 1.29 is 18.0 Å². The monoisotopic (exact) mass is 466 g/mol. The zero-order valence-corrected chi connectivity index (χ0v) is 18.0. The van der Waals surface area contributed by atoms with Crippen LogP contribution in [0.15, 0.2) is 65.6 Å². The molecule has 0 unspecified atom stereocenters. The molecule has 0 radical (unpaired) electrons. The van der Waals surface area contributed by atoms with Crippen molar-refractivity contribution in [1.29, 1.82) is 0 Å². The van der Waals surface area contributed by atoms with Gasteiger partial charge in [0.25, 0.3) is 5.56 Å². The van der Waals surface area contributed by atoms with Crippen molar-refractivity contribution in [3.63, 3.8) is 0 Å². The lowest BCUT2D eigenvalue weighted by atomic mass is 9.94. The van der Waals surface area contributed by atoms with Gasteiger partial charge in [0.2, 0.25) is 6.41 Å². The number of benzene rings is 2. The van der Waals surface area contributed by atoms with Crippen LogP contribution in [0, 0.1) is 0 Å². The number of hydrogen-bond acceptors (Lipinski definition) is 4. The van der Waals surface area contributed by atoms with Gasteiger partial charge in [0.1, 0.15) is 11.2 Å². The first-order valence-corrected chi connectivity index (χ1v) is 10.9. The summed E-state index contributed by atoms with van der Waals surface area (Å²) in [5.74, 6) is 0. The molecule has 1 aliphatic carbocycles. The van der Waals surface area contributed by atoms with Crippen LogP contribution in [-0.4, -0.2) is 28.1 Å². The highest BCUT2D eigenvalue weighted by atomic mass is 19.4. The summed E-state index contributed by atoms with van der Waals surface area (Å²) in [7, 11) is 0. The third-order valence-corrected chi connectivity index (χ3v) is 6.57. The number of hydrogen-bond donors (Lipinski definition) is 2. The molecular formula is C25H21F3N4O2. The first-order chi connectivity index (χ1) is 16.3. The quantitative estimate of drug-likeness (QED) is 0.294. The van der Waals surface area contributed by atoms with Gasteiger partial charge in [-0.15, -0.1) is 0 Å². The molecule has 1 aliphatic rings. The number of carbonyl (C=O) groups is 1. The lowest BCUT2D eigenvalue weighted by molar-refractivity contribution is -0.185. The van der Waals surface area contributed by atoms with Crippen molar-refractivity contribution in [2.45, 2.75) is 37.4 Å². The average molecular weight is 466 g/mol. The number of amides is 1. The molecule has 9 heteroatoms. The summed E-state index contributed by atoms with van der Waals surface area (Å²) in [6.07, 6.45) is -2.04. The minimum atomic E-state index is -4.52. The zero-order valence-electron chi connectivity index (χ0n) is 18.0. The number of fused-ring (bicyclic) bond motifs is 3. The number of alkyl halides is 3. The molecule has 2 N–H and O–H groups in total. The fourth-order valence-corrected chi connectivity index (χ4v) is 4.90. The van der Waals surface area contributed by atoms with E-state index in [9.17, 15) is 22.8 Å². The Morgan fingerprint density at radius 1 is 1.00 bits per heavy atom. The molecule has 2 heterocycles. The largest absolute Gasteiger partial charge is 0.412 e. The molecule has 0 bridgehead atoms. The van der Waals surface area contributed by atoms with Crippen LogP contribution in [0.5, 0.6) is 0 Å². The third kappa shape index (κ3) is 3.48. The van der Waals surface area contributed by atoms with Gasteiger partial charge in [-0.3, -0.25) is 14.5 Å². The van der Waals surface area contributed by atoms with Crippen LogP contribution >= 0.6 is 0 Å². The Hall–Kier alpha value is -3.88. The summed E-state index contributed by atoms with van der Waals surface area (Å²) in [5.41, 5.74) is -0.503. The lowest BCUT2D eigenvalue weighted by Crippen LogP contribution is -2.57. The highest BCUT2D eigenvalue weighted by Gasteiger charge is 2.59. The second-order valence-corrected chi connectivity index (χ2v) is 8.47. The van der Waals surface area contributed by atoms with Gasteiger partial charge in [0.05, 0.1) is 5.69 Å². The molecular weight excluding hydrogens is 445 g/mol. The van der Waals surface area contributed by atoms with Crippen molar-refractivity contribution in [3.8, 4) is 0 Å². The number of anilines is 3. The number of nitrogens with one attached hydrogen (secondary N) is 2. The topological polar surface area (TPSA) is 78.1 Å². The Kier molecular flexibility index (Phi) is 5.27. The molecule has 2 aromatic heterocycles. The van der Waals surface area contributed by atoms with Crippen LogP contribution in [0.4, 0.5) is 30.2 Å². The minimum Gasteiger partial charge on any atom is -0.355 e. The summed E-state index contributed by atoms with van der Waals surface area (Å²) in [6, 6.07) is 15.2. The van der Waals surface area contributed by atoms with E-state index in [4.69, 9.17) is 0 Å². The molecule has 1 saturated carbocycles. The Morgan fingerprint density at radius 3 is 2.32 bits per heavy atom. The summed E-state index contributed by atoms with van der Waals surface area (Å²) >= 11 is 0. The number of aromatic amines is 1. The summed E-state index contributed by atoms with van der Waals surface area (Å²) < 4.78 is 41.9. The normalized spacial score (nSPS) is 15.5. The number of halogens is 3. The number of carbonyl (C=O) groups excluding carboxylic acids is 1. The van der Waals surface area contributed by atoms with E-state index in [2.05, 4.69) is 15.3 Å². The van der Waals surface area contributed by atoms with Gasteiger partial charge in [0.15, 0.2) is 0 Å². The van der Waals surface area contributed by atoms with E-state index in [1.807, 2.05) is 12.1 Å². The Labute approximate surface area is 192 Å². The molecule has 2 aromatic carbocycles. The van der Waals surface area contributed by atoms with Gasteiger partial charge in [-0.05, 0) is 49.2 Å². The maximum atomic E-state index is 14.0. The number of aromatic nitrogens is 2. The van der Waals surface area contributed by atoms with Crippen molar-refractivity contribution in [2.24, 2.45) is 0 Å². The smallest absolute Gasteiger partial charge is 0.355 e. The van der Waals surface area contributed by atoms with E-state index in [1.54, 1.807) is 36.5 Å². The van der Waals surface area contributed by atoms with Crippen molar-refractivity contribution in [2.75, 3.05) is 10.2 Å². The van der Waals surface area contributed by atoms with Gasteiger partial charge in [-0.25, -0.2) is 4.98 Å². The van der Waals surface area contributed by atoms with Crippen molar-refractivity contribution >= 4 is 45.3 Å². The van der Waals surface area contributed by atoms with Gasteiger partial charge < -0.3 is 10.3 Å². The van der Waals surface area contributed by atoms with Gasteiger partial charge in [0, 0.05) is 33.7 Å². The molecule has 0 saturated heterocycles. The van der Waals surface area contributed by atoms with Crippen molar-refractivity contribution in [1.82, 2.24) is 9.97 Å². The fourth-order valence-electron chi connectivity index (χ4n) is 4.90. The predicted octanol–water partition coefficient (Wildman–Crippen LogP) is 5.66. The molecule has 174 valence electrons. The highest BCUT2D eigenvalue weighted by molar-refractivity contribution is 6.10. The molecule has 0 aliphatic heterocycles.